The molecule has 26 heavy (non-hydrogen) atoms. The fourth-order valence-corrected chi connectivity index (χ4v) is 4.08. The maximum atomic E-state index is 12.7. The molecule has 0 atom stereocenters. The lowest BCUT2D eigenvalue weighted by atomic mass is 10.0. The van der Waals surface area contributed by atoms with Crippen molar-refractivity contribution in [2.24, 2.45) is 7.05 Å². The number of ether oxygens (including phenoxy) is 1. The van der Waals surface area contributed by atoms with Crippen LogP contribution in [0.25, 0.3) is 43.6 Å². The largest absolute Gasteiger partial charge is 0.462 e. The van der Waals surface area contributed by atoms with Gasteiger partial charge in [0.25, 0.3) is 0 Å². The van der Waals surface area contributed by atoms with Crippen LogP contribution in [-0.2, 0) is 11.8 Å². The molecular formula is C22H18N2O2. The van der Waals surface area contributed by atoms with E-state index < -0.39 is 0 Å². The number of nitrogens with one attached hydrogen (secondary N) is 1. The summed E-state index contributed by atoms with van der Waals surface area (Å²) >= 11 is 0. The highest BCUT2D eigenvalue weighted by Gasteiger charge is 2.22. The lowest BCUT2D eigenvalue weighted by Crippen LogP contribution is -2.07. The Morgan fingerprint density at radius 3 is 2.54 bits per heavy atom. The van der Waals surface area contributed by atoms with E-state index in [1.165, 1.54) is 5.39 Å². The van der Waals surface area contributed by atoms with Crippen LogP contribution in [0.5, 0.6) is 0 Å². The van der Waals surface area contributed by atoms with Gasteiger partial charge in [-0.3, -0.25) is 0 Å². The number of aromatic amines is 1. The first-order chi connectivity index (χ1) is 12.7. The Balaban J connectivity index is 2.09. The monoisotopic (exact) mass is 342 g/mol. The number of rotatable bonds is 2. The third-order valence-electron chi connectivity index (χ3n) is 5.13. The molecule has 0 bridgehead atoms. The van der Waals surface area contributed by atoms with Crippen LogP contribution in [0.4, 0.5) is 0 Å². The molecule has 0 aliphatic heterocycles. The number of H-pyrrole nitrogens is 1. The number of nitrogens with zero attached hydrogens (tertiary/aromatic N) is 1. The average Bonchev–Trinajstić information content (AvgIpc) is 3.17. The van der Waals surface area contributed by atoms with Crippen LogP contribution >= 0.6 is 0 Å². The van der Waals surface area contributed by atoms with Gasteiger partial charge in [0, 0.05) is 45.1 Å². The van der Waals surface area contributed by atoms with Crippen LogP contribution in [0, 0.1) is 0 Å². The van der Waals surface area contributed by atoms with Gasteiger partial charge in [-0.05, 0) is 25.1 Å². The van der Waals surface area contributed by atoms with Gasteiger partial charge in [-0.25, -0.2) is 4.79 Å². The second kappa shape index (κ2) is 5.36. The highest BCUT2D eigenvalue weighted by molar-refractivity contribution is 6.30. The number of aromatic nitrogens is 2. The molecule has 4 nitrogen and oxygen atoms in total. The molecule has 0 spiro atoms. The molecule has 5 rings (SSSR count). The number of hydrogen-bond donors (Lipinski definition) is 1. The van der Waals surface area contributed by atoms with Gasteiger partial charge in [0.05, 0.1) is 17.7 Å². The van der Waals surface area contributed by atoms with Crippen molar-refractivity contribution in [3.05, 3.63) is 60.2 Å². The zero-order chi connectivity index (χ0) is 17.8. The normalized spacial score (nSPS) is 11.8. The van der Waals surface area contributed by atoms with E-state index in [-0.39, 0.29) is 5.97 Å². The van der Waals surface area contributed by atoms with Gasteiger partial charge in [-0.1, -0.05) is 36.4 Å². The maximum absolute atomic E-state index is 12.7. The summed E-state index contributed by atoms with van der Waals surface area (Å²) in [6.07, 6.45) is 0. The highest BCUT2D eigenvalue weighted by atomic mass is 16.5. The molecule has 128 valence electrons. The van der Waals surface area contributed by atoms with E-state index in [1.54, 1.807) is 0 Å². The van der Waals surface area contributed by atoms with Crippen molar-refractivity contribution >= 4 is 49.6 Å². The van der Waals surface area contributed by atoms with Crippen molar-refractivity contribution < 1.29 is 9.53 Å². The van der Waals surface area contributed by atoms with Crippen LogP contribution < -0.4 is 0 Å². The summed E-state index contributed by atoms with van der Waals surface area (Å²) < 4.78 is 7.44. The standard InChI is InChI=1S/C22H18N2O2/c1-3-26-22(25)15-12-17-19(13-8-4-6-10-16(13)23-17)20-14-9-5-7-11-18(14)24(2)21(15)20/h4-12,23H,3H2,1-2H3. The quantitative estimate of drug-likeness (QED) is 0.451. The van der Waals surface area contributed by atoms with Crippen LogP contribution in [0.1, 0.15) is 17.3 Å². The molecule has 0 radical (unpaired) electrons. The Morgan fingerprint density at radius 2 is 1.73 bits per heavy atom. The van der Waals surface area contributed by atoms with Crippen molar-refractivity contribution in [2.45, 2.75) is 6.92 Å². The molecule has 0 saturated carbocycles. The van der Waals surface area contributed by atoms with Crippen molar-refractivity contribution in [3.63, 3.8) is 0 Å². The number of aryl methyl sites for hydroxylation is 1. The van der Waals surface area contributed by atoms with Gasteiger partial charge in [0.1, 0.15) is 0 Å². The predicted octanol–water partition coefficient (Wildman–Crippen LogP) is 5.14. The number of fused-ring (bicyclic) bond motifs is 7. The second-order valence-corrected chi connectivity index (χ2v) is 6.54. The maximum Gasteiger partial charge on any atom is 0.340 e. The molecular weight excluding hydrogens is 324 g/mol. The first kappa shape index (κ1) is 15.0. The van der Waals surface area contributed by atoms with Crippen LogP contribution in [0.15, 0.2) is 54.6 Å². The number of benzene rings is 3. The number of para-hydroxylation sites is 2. The third kappa shape index (κ3) is 1.87. The summed E-state index contributed by atoms with van der Waals surface area (Å²) in [7, 11) is 2.01. The Labute approximate surface area is 150 Å². The predicted molar refractivity (Wildman–Crippen MR) is 106 cm³/mol. The first-order valence-corrected chi connectivity index (χ1v) is 8.78. The molecule has 0 fully saturated rings. The summed E-state index contributed by atoms with van der Waals surface area (Å²) in [6.45, 7) is 2.19. The second-order valence-electron chi connectivity index (χ2n) is 6.54. The van der Waals surface area contributed by atoms with Gasteiger partial charge >= 0.3 is 5.97 Å². The van der Waals surface area contributed by atoms with Crippen molar-refractivity contribution in [1.29, 1.82) is 0 Å². The minimum Gasteiger partial charge on any atom is -0.462 e. The van der Waals surface area contributed by atoms with E-state index in [2.05, 4.69) is 33.8 Å². The average molecular weight is 342 g/mol. The third-order valence-corrected chi connectivity index (χ3v) is 5.13. The van der Waals surface area contributed by atoms with E-state index >= 15 is 0 Å². The number of carbonyl (C=O) groups is 1. The molecule has 1 N–H and O–H groups in total. The topological polar surface area (TPSA) is 47.0 Å². The SMILES string of the molecule is CCOC(=O)c1cc2[nH]c3ccccc3c2c2c3ccccc3n(C)c12. The molecule has 2 heterocycles. The summed E-state index contributed by atoms with van der Waals surface area (Å²) in [5.74, 6) is -0.288. The van der Waals surface area contributed by atoms with Gasteiger partial charge < -0.3 is 14.3 Å². The molecule has 0 saturated heterocycles. The molecule has 0 unspecified atom stereocenters. The Bertz CT molecular complexity index is 1320. The number of hydrogen-bond acceptors (Lipinski definition) is 2. The lowest BCUT2D eigenvalue weighted by Gasteiger charge is -2.07. The van der Waals surface area contributed by atoms with E-state index in [4.69, 9.17) is 4.74 Å². The van der Waals surface area contributed by atoms with Crippen LogP contribution in [0.3, 0.4) is 0 Å². The van der Waals surface area contributed by atoms with Crippen molar-refractivity contribution in [3.8, 4) is 0 Å². The molecule has 0 aliphatic carbocycles. The highest BCUT2D eigenvalue weighted by Crippen LogP contribution is 2.39. The minimum absolute atomic E-state index is 0.288. The van der Waals surface area contributed by atoms with E-state index in [0.29, 0.717) is 12.2 Å². The Morgan fingerprint density at radius 1 is 1.00 bits per heavy atom. The minimum atomic E-state index is -0.288. The van der Waals surface area contributed by atoms with Gasteiger partial charge in [0.2, 0.25) is 0 Å². The van der Waals surface area contributed by atoms with E-state index in [1.807, 2.05) is 44.3 Å². The van der Waals surface area contributed by atoms with E-state index in [0.717, 1.165) is 38.2 Å². The Hall–Kier alpha value is -3.27. The van der Waals surface area contributed by atoms with Crippen LogP contribution in [-0.4, -0.2) is 22.1 Å². The smallest absolute Gasteiger partial charge is 0.340 e. The molecule has 0 amide bonds. The number of carbonyl (C=O) groups excluding carboxylic acids is 1. The fraction of sp³-hybridized carbons (Fsp3) is 0.136. The molecule has 5 aromatic rings. The van der Waals surface area contributed by atoms with Gasteiger partial charge in [0.15, 0.2) is 0 Å². The van der Waals surface area contributed by atoms with E-state index in [9.17, 15) is 4.79 Å². The summed E-state index contributed by atoms with van der Waals surface area (Å²) in [4.78, 5) is 16.2. The van der Waals surface area contributed by atoms with Crippen molar-refractivity contribution in [2.75, 3.05) is 6.61 Å². The first-order valence-electron chi connectivity index (χ1n) is 8.78. The zero-order valence-corrected chi connectivity index (χ0v) is 14.7. The van der Waals surface area contributed by atoms with Crippen molar-refractivity contribution in [1.82, 2.24) is 9.55 Å². The molecule has 4 heteroatoms. The molecule has 0 aliphatic rings. The lowest BCUT2D eigenvalue weighted by molar-refractivity contribution is 0.0528. The Kier molecular flexibility index (Phi) is 3.10. The van der Waals surface area contributed by atoms with Crippen LogP contribution in [0.2, 0.25) is 0 Å². The fourth-order valence-electron chi connectivity index (χ4n) is 4.08. The zero-order valence-electron chi connectivity index (χ0n) is 14.7. The molecule has 2 aromatic heterocycles. The number of esters is 1. The summed E-state index contributed by atoms with van der Waals surface area (Å²) in [5, 5.41) is 4.56. The van der Waals surface area contributed by atoms with Gasteiger partial charge in [-0.2, -0.15) is 0 Å². The van der Waals surface area contributed by atoms with Gasteiger partial charge in [-0.15, -0.1) is 0 Å². The summed E-state index contributed by atoms with van der Waals surface area (Å²) in [5.41, 5.74) is 4.64. The summed E-state index contributed by atoms with van der Waals surface area (Å²) in [6, 6.07) is 18.5. The molecule has 3 aromatic carbocycles.